The summed E-state index contributed by atoms with van der Waals surface area (Å²) in [5.74, 6) is -0.812. The zero-order valence-corrected chi connectivity index (χ0v) is 20.9. The van der Waals surface area contributed by atoms with Crippen LogP contribution in [0, 0.1) is 6.92 Å². The van der Waals surface area contributed by atoms with Crippen molar-refractivity contribution in [2.45, 2.75) is 90.4 Å². The lowest BCUT2D eigenvalue weighted by Crippen LogP contribution is -2.53. The van der Waals surface area contributed by atoms with Gasteiger partial charge in [0.1, 0.15) is 23.4 Å². The molecular formula is C25H39N3O6. The molecule has 190 valence electrons. The fourth-order valence-electron chi connectivity index (χ4n) is 4.12. The summed E-state index contributed by atoms with van der Waals surface area (Å²) < 4.78 is 5.24. The van der Waals surface area contributed by atoms with Gasteiger partial charge in [-0.1, -0.05) is 25.3 Å². The molecule has 1 aliphatic carbocycles. The monoisotopic (exact) mass is 477 g/mol. The van der Waals surface area contributed by atoms with Crippen LogP contribution in [-0.4, -0.2) is 63.9 Å². The molecule has 9 nitrogen and oxygen atoms in total. The van der Waals surface area contributed by atoms with E-state index in [-0.39, 0.29) is 30.9 Å². The number of phenolic OH excluding ortho intramolecular Hbond substituents is 1. The van der Waals surface area contributed by atoms with Gasteiger partial charge in [0.05, 0.1) is 6.61 Å². The molecule has 3 amide bonds. The predicted molar refractivity (Wildman–Crippen MR) is 128 cm³/mol. The minimum absolute atomic E-state index is 0.0188. The molecule has 0 aliphatic heterocycles. The molecule has 2 atom stereocenters. The molecule has 0 radical (unpaired) electrons. The van der Waals surface area contributed by atoms with E-state index < -0.39 is 29.7 Å². The lowest BCUT2D eigenvalue weighted by molar-refractivity contribution is -0.143. The Morgan fingerprint density at radius 1 is 1.18 bits per heavy atom. The third kappa shape index (κ3) is 7.90. The Balaban J connectivity index is 2.34. The number of phenols is 1. The Hall–Kier alpha value is -2.81. The van der Waals surface area contributed by atoms with Gasteiger partial charge in [-0.3, -0.25) is 9.59 Å². The van der Waals surface area contributed by atoms with Gasteiger partial charge in [0.25, 0.3) is 0 Å². The number of nitrogens with one attached hydrogen (secondary N) is 2. The Kier molecular flexibility index (Phi) is 9.73. The number of aliphatic hydroxyl groups excluding tert-OH is 1. The first kappa shape index (κ1) is 27.4. The first-order valence-electron chi connectivity index (χ1n) is 11.9. The number of ether oxygens (including phenoxy) is 1. The molecule has 1 fully saturated rings. The molecule has 0 aromatic heterocycles. The van der Waals surface area contributed by atoms with Crippen LogP contribution in [-0.2, 0) is 14.3 Å². The Bertz CT molecular complexity index is 861. The first-order valence-corrected chi connectivity index (χ1v) is 11.9. The maximum Gasteiger partial charge on any atom is 0.408 e. The summed E-state index contributed by atoms with van der Waals surface area (Å²) in [4.78, 5) is 40.4. The number of rotatable bonds is 8. The van der Waals surface area contributed by atoms with E-state index in [2.05, 4.69) is 10.6 Å². The maximum atomic E-state index is 13.5. The zero-order chi connectivity index (χ0) is 25.5. The third-order valence-corrected chi connectivity index (χ3v) is 5.78. The summed E-state index contributed by atoms with van der Waals surface area (Å²) in [5.41, 5.74) is 0.336. The molecule has 34 heavy (non-hydrogen) atoms. The van der Waals surface area contributed by atoms with E-state index >= 15 is 0 Å². The second-order valence-electron chi connectivity index (χ2n) is 9.92. The Morgan fingerprint density at radius 3 is 2.38 bits per heavy atom. The van der Waals surface area contributed by atoms with E-state index in [1.54, 1.807) is 39.8 Å². The van der Waals surface area contributed by atoms with Crippen LogP contribution in [0.5, 0.6) is 5.75 Å². The fraction of sp³-hybridized carbons (Fsp3) is 0.640. The zero-order valence-electron chi connectivity index (χ0n) is 20.9. The van der Waals surface area contributed by atoms with Gasteiger partial charge in [-0.25, -0.2) is 4.79 Å². The van der Waals surface area contributed by atoms with Crippen LogP contribution in [0.2, 0.25) is 0 Å². The average molecular weight is 478 g/mol. The van der Waals surface area contributed by atoms with E-state index in [0.29, 0.717) is 11.1 Å². The Labute approximate surface area is 201 Å². The van der Waals surface area contributed by atoms with Crippen LogP contribution in [0.3, 0.4) is 0 Å². The lowest BCUT2D eigenvalue weighted by Gasteiger charge is -2.34. The first-order chi connectivity index (χ1) is 15.9. The average Bonchev–Trinajstić information content (AvgIpc) is 2.74. The predicted octanol–water partition coefficient (Wildman–Crippen LogP) is 2.92. The summed E-state index contributed by atoms with van der Waals surface area (Å²) in [6.07, 6.45) is 4.19. The molecular weight excluding hydrogens is 438 g/mol. The number of aliphatic hydroxyl groups is 1. The highest BCUT2D eigenvalue weighted by Crippen LogP contribution is 2.28. The van der Waals surface area contributed by atoms with Gasteiger partial charge in [-0.15, -0.1) is 0 Å². The summed E-state index contributed by atoms with van der Waals surface area (Å²) in [5, 5.41) is 25.3. The van der Waals surface area contributed by atoms with Crippen LogP contribution < -0.4 is 10.6 Å². The van der Waals surface area contributed by atoms with Crippen molar-refractivity contribution >= 4 is 17.9 Å². The Morgan fingerprint density at radius 2 is 1.82 bits per heavy atom. The molecule has 9 heteroatoms. The number of hydrogen-bond donors (Lipinski definition) is 4. The molecule has 1 aromatic carbocycles. The molecule has 2 unspecified atom stereocenters. The van der Waals surface area contributed by atoms with E-state index in [9.17, 15) is 24.6 Å². The van der Waals surface area contributed by atoms with E-state index in [1.807, 2.05) is 0 Å². The molecule has 0 bridgehead atoms. The molecule has 1 saturated carbocycles. The highest BCUT2D eigenvalue weighted by molar-refractivity contribution is 5.92. The van der Waals surface area contributed by atoms with Crippen LogP contribution in [0.4, 0.5) is 4.79 Å². The molecule has 1 aliphatic rings. The van der Waals surface area contributed by atoms with Gasteiger partial charge < -0.3 is 30.5 Å². The number of hydrogen-bond acceptors (Lipinski definition) is 6. The second-order valence-corrected chi connectivity index (χ2v) is 9.92. The standard InChI is InChI=1S/C25H39N3O6/c1-16-15-18(11-12-20(16)30)21(22(31)27-19-9-7-6-8-10-19)28(13-14-29)23(32)17(2)26-24(33)34-25(3,4)5/h11-12,15,17,19,21,29-30H,6-10,13-14H2,1-5H3,(H,26,33)(H,27,31). The highest BCUT2D eigenvalue weighted by Gasteiger charge is 2.35. The van der Waals surface area contributed by atoms with Crippen molar-refractivity contribution in [1.82, 2.24) is 15.5 Å². The van der Waals surface area contributed by atoms with Crippen molar-refractivity contribution in [3.63, 3.8) is 0 Å². The second kappa shape index (κ2) is 12.1. The van der Waals surface area contributed by atoms with Crippen LogP contribution in [0.25, 0.3) is 0 Å². The van der Waals surface area contributed by atoms with Crippen molar-refractivity contribution in [3.8, 4) is 5.75 Å². The van der Waals surface area contributed by atoms with Crippen LogP contribution in [0.1, 0.15) is 77.0 Å². The van der Waals surface area contributed by atoms with Gasteiger partial charge in [0, 0.05) is 12.6 Å². The number of amides is 3. The van der Waals surface area contributed by atoms with Crippen LogP contribution in [0.15, 0.2) is 18.2 Å². The minimum Gasteiger partial charge on any atom is -0.508 e. The van der Waals surface area contributed by atoms with Gasteiger partial charge >= 0.3 is 6.09 Å². The smallest absolute Gasteiger partial charge is 0.408 e. The third-order valence-electron chi connectivity index (χ3n) is 5.78. The molecule has 1 aromatic rings. The van der Waals surface area contributed by atoms with E-state index in [0.717, 1.165) is 32.1 Å². The number of carbonyl (C=O) groups is 3. The van der Waals surface area contributed by atoms with Crippen molar-refractivity contribution in [2.75, 3.05) is 13.2 Å². The largest absolute Gasteiger partial charge is 0.508 e. The molecule has 0 saturated heterocycles. The van der Waals surface area contributed by atoms with Gasteiger partial charge in [-0.05, 0) is 70.7 Å². The molecule has 0 spiro atoms. The highest BCUT2D eigenvalue weighted by atomic mass is 16.6. The summed E-state index contributed by atoms with van der Waals surface area (Å²) in [6, 6.07) is 2.72. The summed E-state index contributed by atoms with van der Waals surface area (Å²) in [7, 11) is 0. The maximum absolute atomic E-state index is 13.5. The normalized spacial score (nSPS) is 16.3. The minimum atomic E-state index is -1.04. The quantitative estimate of drug-likeness (QED) is 0.456. The molecule has 2 rings (SSSR count). The number of nitrogens with zero attached hydrogens (tertiary/aromatic N) is 1. The summed E-state index contributed by atoms with van der Waals surface area (Å²) >= 11 is 0. The summed E-state index contributed by atoms with van der Waals surface area (Å²) in [6.45, 7) is 7.90. The van der Waals surface area contributed by atoms with Gasteiger partial charge in [-0.2, -0.15) is 0 Å². The van der Waals surface area contributed by atoms with Crippen molar-refractivity contribution in [2.24, 2.45) is 0 Å². The topological polar surface area (TPSA) is 128 Å². The van der Waals surface area contributed by atoms with Crippen molar-refractivity contribution < 1.29 is 29.3 Å². The molecule has 0 heterocycles. The number of aryl methyl sites for hydroxylation is 1. The van der Waals surface area contributed by atoms with E-state index in [4.69, 9.17) is 4.74 Å². The van der Waals surface area contributed by atoms with Gasteiger partial charge in [0.2, 0.25) is 11.8 Å². The molecule has 4 N–H and O–H groups in total. The number of benzene rings is 1. The van der Waals surface area contributed by atoms with E-state index in [1.165, 1.54) is 17.9 Å². The van der Waals surface area contributed by atoms with Crippen molar-refractivity contribution in [1.29, 1.82) is 0 Å². The number of aromatic hydroxyl groups is 1. The number of alkyl carbamates (subject to hydrolysis) is 1. The van der Waals surface area contributed by atoms with Crippen molar-refractivity contribution in [3.05, 3.63) is 29.3 Å². The fourth-order valence-corrected chi connectivity index (χ4v) is 4.12. The van der Waals surface area contributed by atoms with Crippen LogP contribution >= 0.6 is 0 Å². The number of carbonyl (C=O) groups excluding carboxylic acids is 3. The lowest BCUT2D eigenvalue weighted by atomic mass is 9.94. The SMILES string of the molecule is Cc1cc(C(C(=O)NC2CCCCC2)N(CCO)C(=O)C(C)NC(=O)OC(C)(C)C)ccc1O. The van der Waals surface area contributed by atoms with Gasteiger partial charge in [0.15, 0.2) is 0 Å².